The van der Waals surface area contributed by atoms with Crippen molar-refractivity contribution in [3.8, 4) is 5.75 Å². The summed E-state index contributed by atoms with van der Waals surface area (Å²) in [5.41, 5.74) is 2.06. The van der Waals surface area contributed by atoms with Crippen LogP contribution in [0.15, 0.2) is 83.8 Å². The molecular formula is C30H35ClN2O3S. The zero-order valence-corrected chi connectivity index (χ0v) is 22.9. The van der Waals surface area contributed by atoms with Crippen molar-refractivity contribution in [2.24, 2.45) is 0 Å². The Hall–Kier alpha value is -2.54. The second kappa shape index (κ2) is 11.5. The SMILES string of the molecule is COc1cccc(N(C2CCN(C3CCCCC3c3ccccc3)CC2)S(=O)(=O)c2ccc(Cl)cc2)c1. The molecule has 0 amide bonds. The Kier molecular flexibility index (Phi) is 8.08. The van der Waals surface area contributed by atoms with Gasteiger partial charge < -0.3 is 4.74 Å². The third-order valence-corrected chi connectivity index (χ3v) is 10.1. The van der Waals surface area contributed by atoms with Crippen molar-refractivity contribution in [1.82, 2.24) is 4.90 Å². The Morgan fingerprint density at radius 3 is 2.27 bits per heavy atom. The number of halogens is 1. The Morgan fingerprint density at radius 1 is 0.865 bits per heavy atom. The van der Waals surface area contributed by atoms with E-state index in [4.69, 9.17) is 16.3 Å². The number of rotatable bonds is 7. The summed E-state index contributed by atoms with van der Waals surface area (Å²) in [6, 6.07) is 25.1. The van der Waals surface area contributed by atoms with E-state index >= 15 is 0 Å². The highest BCUT2D eigenvalue weighted by molar-refractivity contribution is 7.92. The third kappa shape index (κ3) is 5.66. The van der Waals surface area contributed by atoms with E-state index in [9.17, 15) is 8.42 Å². The highest BCUT2D eigenvalue weighted by Gasteiger charge is 2.38. The van der Waals surface area contributed by atoms with Gasteiger partial charge in [-0.1, -0.05) is 60.8 Å². The summed E-state index contributed by atoms with van der Waals surface area (Å²) < 4.78 is 35.0. The quantitative estimate of drug-likeness (QED) is 0.334. The van der Waals surface area contributed by atoms with Gasteiger partial charge in [0, 0.05) is 36.3 Å². The molecule has 0 bridgehead atoms. The minimum atomic E-state index is -3.79. The maximum atomic E-state index is 14.0. The molecular weight excluding hydrogens is 504 g/mol. The number of hydrogen-bond acceptors (Lipinski definition) is 4. The zero-order valence-electron chi connectivity index (χ0n) is 21.3. The zero-order chi connectivity index (χ0) is 25.8. The smallest absolute Gasteiger partial charge is 0.264 e. The molecule has 1 saturated carbocycles. The number of piperidine rings is 1. The van der Waals surface area contributed by atoms with Crippen LogP contribution in [0.2, 0.25) is 5.02 Å². The van der Waals surface area contributed by atoms with Gasteiger partial charge in [-0.3, -0.25) is 9.21 Å². The van der Waals surface area contributed by atoms with E-state index in [0.717, 1.165) is 25.9 Å². The van der Waals surface area contributed by atoms with E-state index in [1.54, 1.807) is 35.7 Å². The first-order chi connectivity index (χ1) is 18.0. The maximum Gasteiger partial charge on any atom is 0.264 e. The molecule has 0 aromatic heterocycles. The largest absolute Gasteiger partial charge is 0.497 e. The monoisotopic (exact) mass is 538 g/mol. The fraction of sp³-hybridized carbons (Fsp3) is 0.400. The lowest BCUT2D eigenvalue weighted by atomic mass is 9.78. The highest BCUT2D eigenvalue weighted by Crippen LogP contribution is 2.39. The summed E-state index contributed by atoms with van der Waals surface area (Å²) in [7, 11) is -2.19. The van der Waals surface area contributed by atoms with Crippen molar-refractivity contribution in [2.45, 2.75) is 61.4 Å². The second-order valence-corrected chi connectivity index (χ2v) is 12.3. The standard InChI is InChI=1S/C30H35ClN2O3S/c1-36-27-11-7-10-26(22-27)33(37(34,35)28-16-14-24(31)15-17-28)25-18-20-32(21-19-25)30-13-6-5-12-29(30)23-8-3-2-4-9-23/h2-4,7-11,14-17,22,25,29-30H,5-6,12-13,18-21H2,1H3. The molecule has 2 atom stereocenters. The van der Waals surface area contributed by atoms with Crippen molar-refractivity contribution in [3.63, 3.8) is 0 Å². The summed E-state index contributed by atoms with van der Waals surface area (Å²) in [6.07, 6.45) is 6.51. The number of ether oxygens (including phenoxy) is 1. The molecule has 2 aliphatic rings. The van der Waals surface area contributed by atoms with Gasteiger partial charge in [0.25, 0.3) is 10.0 Å². The third-order valence-electron chi connectivity index (χ3n) is 7.94. The van der Waals surface area contributed by atoms with E-state index in [0.29, 0.717) is 28.4 Å². The Bertz CT molecular complexity index is 1280. The number of benzene rings is 3. The van der Waals surface area contributed by atoms with E-state index < -0.39 is 10.0 Å². The van der Waals surface area contributed by atoms with Crippen LogP contribution in [0.5, 0.6) is 5.75 Å². The summed E-state index contributed by atoms with van der Waals surface area (Å²) >= 11 is 6.06. The minimum absolute atomic E-state index is 0.136. The number of anilines is 1. The summed E-state index contributed by atoms with van der Waals surface area (Å²) in [5, 5.41) is 0.514. The summed E-state index contributed by atoms with van der Waals surface area (Å²) in [4.78, 5) is 2.87. The molecule has 0 radical (unpaired) electrons. The lowest BCUT2D eigenvalue weighted by molar-refractivity contribution is 0.107. The number of likely N-dealkylation sites (tertiary alicyclic amines) is 1. The maximum absolute atomic E-state index is 14.0. The fourth-order valence-corrected chi connectivity index (χ4v) is 7.93. The molecule has 0 spiro atoms. The molecule has 1 saturated heterocycles. The lowest BCUT2D eigenvalue weighted by Crippen LogP contribution is -2.51. The van der Waals surface area contributed by atoms with E-state index in [2.05, 4.69) is 35.2 Å². The summed E-state index contributed by atoms with van der Waals surface area (Å²) in [6.45, 7) is 1.77. The first-order valence-corrected chi connectivity index (χ1v) is 15.0. The normalized spacial score (nSPS) is 21.5. The van der Waals surface area contributed by atoms with Crippen molar-refractivity contribution in [2.75, 3.05) is 24.5 Å². The van der Waals surface area contributed by atoms with Crippen molar-refractivity contribution in [1.29, 1.82) is 0 Å². The highest BCUT2D eigenvalue weighted by atomic mass is 35.5. The molecule has 3 aromatic rings. The van der Waals surface area contributed by atoms with Crippen LogP contribution in [-0.2, 0) is 10.0 Å². The molecule has 1 heterocycles. The molecule has 2 unspecified atom stereocenters. The van der Waals surface area contributed by atoms with Gasteiger partial charge in [0.1, 0.15) is 5.75 Å². The van der Waals surface area contributed by atoms with Crippen LogP contribution in [0.3, 0.4) is 0 Å². The number of hydrogen-bond donors (Lipinski definition) is 0. The van der Waals surface area contributed by atoms with Gasteiger partial charge in [0.15, 0.2) is 0 Å². The molecule has 2 fully saturated rings. The molecule has 5 rings (SSSR count). The Balaban J connectivity index is 1.40. The first-order valence-electron chi connectivity index (χ1n) is 13.2. The average Bonchev–Trinajstić information content (AvgIpc) is 2.94. The van der Waals surface area contributed by atoms with Gasteiger partial charge in [0.2, 0.25) is 0 Å². The molecule has 5 nitrogen and oxygen atoms in total. The average molecular weight is 539 g/mol. The lowest BCUT2D eigenvalue weighted by Gasteiger charge is -2.45. The number of nitrogens with zero attached hydrogens (tertiary/aromatic N) is 2. The van der Waals surface area contributed by atoms with Crippen LogP contribution in [0.25, 0.3) is 0 Å². The van der Waals surface area contributed by atoms with Gasteiger partial charge in [-0.15, -0.1) is 0 Å². The van der Waals surface area contributed by atoms with Crippen LogP contribution in [0.1, 0.15) is 50.0 Å². The number of sulfonamides is 1. The van der Waals surface area contributed by atoms with Crippen molar-refractivity contribution >= 4 is 27.3 Å². The van der Waals surface area contributed by atoms with Crippen molar-refractivity contribution < 1.29 is 13.2 Å². The van der Waals surface area contributed by atoms with Gasteiger partial charge in [-0.25, -0.2) is 8.42 Å². The topological polar surface area (TPSA) is 49.9 Å². The van der Waals surface area contributed by atoms with Gasteiger partial charge >= 0.3 is 0 Å². The van der Waals surface area contributed by atoms with E-state index in [-0.39, 0.29) is 10.9 Å². The second-order valence-electron chi connectivity index (χ2n) is 10.1. The predicted molar refractivity (Wildman–Crippen MR) is 150 cm³/mol. The molecule has 7 heteroatoms. The van der Waals surface area contributed by atoms with E-state index in [1.165, 1.54) is 31.2 Å². The predicted octanol–water partition coefficient (Wildman–Crippen LogP) is 6.73. The van der Waals surface area contributed by atoms with Crippen LogP contribution in [0, 0.1) is 0 Å². The van der Waals surface area contributed by atoms with E-state index in [1.807, 2.05) is 24.3 Å². The molecule has 0 N–H and O–H groups in total. The van der Waals surface area contributed by atoms with Crippen LogP contribution >= 0.6 is 11.6 Å². The molecule has 3 aromatic carbocycles. The number of methoxy groups -OCH3 is 1. The molecule has 37 heavy (non-hydrogen) atoms. The Morgan fingerprint density at radius 2 is 1.57 bits per heavy atom. The Labute approximate surface area is 226 Å². The summed E-state index contributed by atoms with van der Waals surface area (Å²) in [5.74, 6) is 1.18. The van der Waals surface area contributed by atoms with Crippen LogP contribution < -0.4 is 9.04 Å². The van der Waals surface area contributed by atoms with Crippen LogP contribution in [-0.4, -0.2) is 45.6 Å². The van der Waals surface area contributed by atoms with Crippen molar-refractivity contribution in [3.05, 3.63) is 89.4 Å². The fourth-order valence-electron chi connectivity index (χ4n) is 6.10. The molecule has 196 valence electrons. The van der Waals surface area contributed by atoms with Crippen LogP contribution in [0.4, 0.5) is 5.69 Å². The molecule has 1 aliphatic heterocycles. The van der Waals surface area contributed by atoms with Gasteiger partial charge in [-0.05, 0) is 73.6 Å². The van der Waals surface area contributed by atoms with Gasteiger partial charge in [0.05, 0.1) is 17.7 Å². The minimum Gasteiger partial charge on any atom is -0.497 e. The van der Waals surface area contributed by atoms with Gasteiger partial charge in [-0.2, -0.15) is 0 Å². The first kappa shape index (κ1) is 26.1. The molecule has 1 aliphatic carbocycles.